The number of phenolic OH excluding ortho intramolecular Hbond substituents is 1. The van der Waals surface area contributed by atoms with Gasteiger partial charge in [0, 0.05) is 21.9 Å². The van der Waals surface area contributed by atoms with Crippen molar-refractivity contribution in [3.63, 3.8) is 0 Å². The van der Waals surface area contributed by atoms with Crippen molar-refractivity contribution in [2.75, 3.05) is 6.61 Å². The first-order valence-corrected chi connectivity index (χ1v) is 35.4. The fourth-order valence-corrected chi connectivity index (χ4v) is 13.2. The first-order chi connectivity index (χ1) is 41.0. The molecular weight excluding hydrogens is 1150 g/mol. The molecule has 0 aliphatic heterocycles. The van der Waals surface area contributed by atoms with Crippen LogP contribution in [0.2, 0.25) is 0 Å². The van der Waals surface area contributed by atoms with Crippen LogP contribution >= 0.6 is 16.8 Å². The van der Waals surface area contributed by atoms with Crippen molar-refractivity contribution in [2.24, 2.45) is 0 Å². The number of aryl methyl sites for hydroxylation is 2. The van der Waals surface area contributed by atoms with Gasteiger partial charge >= 0.3 is 16.8 Å². The van der Waals surface area contributed by atoms with Crippen molar-refractivity contribution in [1.29, 1.82) is 0 Å². The smallest absolute Gasteiger partial charge is 0.507 e. The van der Waals surface area contributed by atoms with Crippen molar-refractivity contribution in [3.8, 4) is 23.0 Å². The van der Waals surface area contributed by atoms with E-state index in [4.69, 9.17) is 26.5 Å². The van der Waals surface area contributed by atoms with Gasteiger partial charge in [0.05, 0.1) is 6.61 Å². The minimum atomic E-state index is -1.83. The molecule has 0 unspecified atom stereocenters. The van der Waals surface area contributed by atoms with Gasteiger partial charge < -0.3 is 27.1 Å². The normalized spacial score (nSPS) is 13.2. The third-order valence-electron chi connectivity index (χ3n) is 17.1. The molecule has 1 N–H and O–H groups in total. The van der Waals surface area contributed by atoms with Gasteiger partial charge in [-0.25, -0.2) is 0 Å². The Morgan fingerprint density at radius 2 is 0.722 bits per heavy atom. The number of fused-ring (bicyclic) bond motifs is 3. The summed E-state index contributed by atoms with van der Waals surface area (Å²) in [7, 11) is -3.56. The lowest BCUT2D eigenvalue weighted by Crippen LogP contribution is -2.17. The number of phenols is 1. The van der Waals surface area contributed by atoms with E-state index >= 15 is 0 Å². The summed E-state index contributed by atoms with van der Waals surface area (Å²) >= 11 is 0. The molecule has 7 aromatic rings. The van der Waals surface area contributed by atoms with Gasteiger partial charge in [0.15, 0.2) is 0 Å². The molecule has 7 nitrogen and oxygen atoms in total. The maximum Gasteiger partial charge on any atom is 0.530 e. The molecule has 0 amide bonds. The number of aromatic hydroxyl groups is 1. The SMILES string of the molecule is CC(C)c1cc(C(C)(C)C)ccc1OP(Oc1ccc(C(C)(C)C)cc1C(C)C)Oc1ccc(C(C)(C)C)cc1C(C)C.Cc1cc(CCCOp2oc3c(C(C)(C)C)cc(C(C)(C)C)cc3c3cc(C(C)(C)C)cc(C(C)(C)C)c3o2)cc(C(C)(C)C)c1O. The van der Waals surface area contributed by atoms with Gasteiger partial charge in [-0.2, -0.15) is 0 Å². The largest absolute Gasteiger partial charge is 0.530 e. The van der Waals surface area contributed by atoms with E-state index in [1.165, 1.54) is 44.5 Å². The van der Waals surface area contributed by atoms with E-state index in [1.807, 2.05) is 6.92 Å². The molecule has 0 atom stereocenters. The molecule has 0 bridgehead atoms. The van der Waals surface area contributed by atoms with Crippen LogP contribution in [0.3, 0.4) is 0 Å². The number of benzene rings is 6. The lowest BCUT2D eigenvalue weighted by atomic mass is 9.77. The second-order valence-electron chi connectivity index (χ2n) is 34.7. The predicted octanol–water partition coefficient (Wildman–Crippen LogP) is 25.6. The lowest BCUT2D eigenvalue weighted by molar-refractivity contribution is 0.363. The van der Waals surface area contributed by atoms with Crippen LogP contribution in [0.4, 0.5) is 0 Å². The fourth-order valence-electron chi connectivity index (χ4n) is 11.0. The zero-order chi connectivity index (χ0) is 68.0. The summed E-state index contributed by atoms with van der Waals surface area (Å²) in [5.41, 5.74) is 16.6. The highest BCUT2D eigenvalue weighted by Crippen LogP contribution is 2.50. The standard InChI is InChI=1S/C42H61O4P.C39H57O3P/c1-26-20-27(21-32(35(26)43)40(8,9)10)18-17-19-44-47-45-36-30(22-28(38(2,3)4)24-33(36)41(11,12)13)31-23-29(39(5,6)7)25-34(37(31)46-47)42(14,15)16;1-25(2)31-22-28(37(7,8)9)16-19-34(31)40-43(41-35-20-17-29(38(10,11)12)23-32(35)26(3)4)42-36-21-18-30(39(13,14)15)24-33(36)27(5)6/h20-25,43H,17-19H2,1-16H3;16-27H,1-15H3. The average molecular weight is 1270 g/mol. The summed E-state index contributed by atoms with van der Waals surface area (Å²) in [4.78, 5) is 0. The molecule has 0 fully saturated rings. The van der Waals surface area contributed by atoms with Crippen LogP contribution in [-0.2, 0) is 49.7 Å². The van der Waals surface area contributed by atoms with Crippen LogP contribution in [0.25, 0.3) is 21.9 Å². The number of hydrogen-bond acceptors (Lipinski definition) is 7. The molecule has 0 saturated carbocycles. The molecule has 1 heterocycles. The highest BCUT2D eigenvalue weighted by Gasteiger charge is 2.32. The first-order valence-electron chi connectivity index (χ1n) is 33.2. The zero-order valence-corrected chi connectivity index (χ0v) is 63.6. The first kappa shape index (κ1) is 73.9. The van der Waals surface area contributed by atoms with Crippen LogP contribution in [0.5, 0.6) is 23.0 Å². The van der Waals surface area contributed by atoms with Crippen molar-refractivity contribution in [2.45, 2.75) is 289 Å². The highest BCUT2D eigenvalue weighted by molar-refractivity contribution is 7.43. The monoisotopic (exact) mass is 1260 g/mol. The summed E-state index contributed by atoms with van der Waals surface area (Å²) in [6, 6.07) is 33.2. The topological polar surface area (TPSA) is 83.4 Å². The molecule has 0 aliphatic carbocycles. The Labute approximate surface area is 548 Å². The highest BCUT2D eigenvalue weighted by atomic mass is 31.2. The summed E-state index contributed by atoms with van der Waals surface area (Å²) in [5.74, 6) is 3.67. The van der Waals surface area contributed by atoms with E-state index in [0.717, 1.165) is 79.8 Å². The molecule has 9 heteroatoms. The van der Waals surface area contributed by atoms with Crippen molar-refractivity contribution < 1.29 is 31.6 Å². The van der Waals surface area contributed by atoms with Gasteiger partial charge in [-0.15, -0.1) is 0 Å². The van der Waals surface area contributed by atoms with Crippen molar-refractivity contribution in [1.82, 2.24) is 0 Å². The third kappa shape index (κ3) is 18.6. The van der Waals surface area contributed by atoms with E-state index in [2.05, 4.69) is 299 Å². The van der Waals surface area contributed by atoms with E-state index in [-0.39, 0.29) is 61.1 Å². The molecule has 7 rings (SSSR count). The van der Waals surface area contributed by atoms with Crippen molar-refractivity contribution in [3.05, 3.63) is 163 Å². The molecule has 0 aliphatic rings. The maximum absolute atomic E-state index is 10.7. The molecule has 0 radical (unpaired) electrons. The second-order valence-corrected chi connectivity index (χ2v) is 36.7. The van der Waals surface area contributed by atoms with E-state index in [1.54, 1.807) is 0 Å². The Morgan fingerprint density at radius 3 is 1.01 bits per heavy atom. The van der Waals surface area contributed by atoms with Gasteiger partial charge in [-0.05, 0) is 172 Å². The average Bonchev–Trinajstić information content (AvgIpc) is 1.41. The fraction of sp³-hybridized carbons (Fsp3) is 0.556. The van der Waals surface area contributed by atoms with Crippen LogP contribution in [-0.4, -0.2) is 11.7 Å². The summed E-state index contributed by atoms with van der Waals surface area (Å²) in [6.07, 6.45) is 1.65. The van der Waals surface area contributed by atoms with Crippen molar-refractivity contribution >= 4 is 38.8 Å². The van der Waals surface area contributed by atoms with Crippen LogP contribution < -0.4 is 18.1 Å². The minimum absolute atomic E-state index is 0.0435. The van der Waals surface area contributed by atoms with Crippen LogP contribution in [0.1, 0.15) is 304 Å². The van der Waals surface area contributed by atoms with Gasteiger partial charge in [0.25, 0.3) is 0 Å². The number of rotatable bonds is 14. The van der Waals surface area contributed by atoms with Gasteiger partial charge in [-0.1, -0.05) is 268 Å². The molecular formula is C81H118O7P2. The Balaban J connectivity index is 0.000000288. The molecule has 0 saturated heterocycles. The van der Waals surface area contributed by atoms with Gasteiger partial charge in [0.2, 0.25) is 0 Å². The Kier molecular flexibility index (Phi) is 22.5. The van der Waals surface area contributed by atoms with Gasteiger partial charge in [-0.3, -0.25) is 4.52 Å². The quantitative estimate of drug-likeness (QED) is 0.0858. The Bertz CT molecular complexity index is 3400. The van der Waals surface area contributed by atoms with E-state index in [0.29, 0.717) is 12.4 Å². The van der Waals surface area contributed by atoms with Crippen LogP contribution in [0, 0.1) is 6.92 Å². The molecule has 6 aromatic carbocycles. The Hall–Kier alpha value is -5.19. The van der Waals surface area contributed by atoms with Crippen LogP contribution in [0.15, 0.2) is 99.4 Å². The molecule has 1 aromatic heterocycles. The predicted molar refractivity (Wildman–Crippen MR) is 389 cm³/mol. The maximum atomic E-state index is 10.7. The minimum Gasteiger partial charge on any atom is -0.507 e. The second kappa shape index (κ2) is 27.4. The molecule has 0 spiro atoms. The van der Waals surface area contributed by atoms with E-state index < -0.39 is 16.8 Å². The summed E-state index contributed by atoms with van der Waals surface area (Å²) in [5, 5.41) is 12.9. The van der Waals surface area contributed by atoms with Gasteiger partial charge in [0.1, 0.15) is 34.2 Å². The number of hydrogen-bond donors (Lipinski definition) is 1. The lowest BCUT2D eigenvalue weighted by Gasteiger charge is -2.27. The molecule has 494 valence electrons. The zero-order valence-electron chi connectivity index (χ0n) is 61.8. The summed E-state index contributed by atoms with van der Waals surface area (Å²) in [6.45, 7) is 69.6. The third-order valence-corrected chi connectivity index (χ3v) is 19.2. The Morgan fingerprint density at radius 1 is 0.400 bits per heavy atom. The molecule has 90 heavy (non-hydrogen) atoms. The van der Waals surface area contributed by atoms with E-state index in [9.17, 15) is 5.11 Å². The summed E-state index contributed by atoms with van der Waals surface area (Å²) < 4.78 is 40.6.